The van der Waals surface area contributed by atoms with E-state index in [2.05, 4.69) is 9.89 Å². The largest absolute Gasteiger partial charge is 0.573 e. The minimum absolute atomic E-state index is 0.295. The molecule has 0 bridgehead atoms. The summed E-state index contributed by atoms with van der Waals surface area (Å²) in [7, 11) is 0. The first-order chi connectivity index (χ1) is 17.2. The Labute approximate surface area is 209 Å². The molecule has 1 heterocycles. The van der Waals surface area contributed by atoms with Crippen molar-refractivity contribution in [3.63, 3.8) is 0 Å². The number of aldehydes is 1. The molecule has 0 amide bonds. The van der Waals surface area contributed by atoms with Crippen molar-refractivity contribution in [3.05, 3.63) is 65.2 Å². The molecule has 6 nitrogen and oxygen atoms in total. The topological polar surface area (TPSA) is 70.8 Å². The van der Waals surface area contributed by atoms with Gasteiger partial charge in [-0.15, -0.1) is 13.2 Å². The van der Waals surface area contributed by atoms with Crippen molar-refractivity contribution in [2.45, 2.75) is 39.2 Å². The number of carbonyl (C=O) groups is 1. The molecule has 0 N–H and O–H groups in total. The minimum atomic E-state index is -4.76. The van der Waals surface area contributed by atoms with Crippen LogP contribution in [0.1, 0.15) is 25.8 Å². The molecule has 4 rings (SSSR count). The average Bonchev–Trinajstić information content (AvgIpc) is 3.22. The van der Waals surface area contributed by atoms with Gasteiger partial charge in [-0.05, 0) is 67.4 Å². The lowest BCUT2D eigenvalue weighted by Gasteiger charge is -2.13. The van der Waals surface area contributed by atoms with Gasteiger partial charge in [-0.25, -0.2) is 0 Å². The van der Waals surface area contributed by atoms with Gasteiger partial charge >= 0.3 is 6.36 Å². The number of nitrogens with zero attached hydrogens (tertiary/aromatic N) is 1. The number of alkyl halides is 3. The number of benzene rings is 3. The van der Waals surface area contributed by atoms with E-state index in [1.807, 2.05) is 19.1 Å². The van der Waals surface area contributed by atoms with Crippen LogP contribution >= 0.6 is 11.6 Å². The van der Waals surface area contributed by atoms with Crippen LogP contribution < -0.4 is 14.2 Å². The Morgan fingerprint density at radius 2 is 1.75 bits per heavy atom. The molecule has 36 heavy (non-hydrogen) atoms. The predicted molar refractivity (Wildman–Crippen MR) is 128 cm³/mol. The summed E-state index contributed by atoms with van der Waals surface area (Å²) in [6, 6.07) is 13.8. The quantitative estimate of drug-likeness (QED) is 0.210. The second-order valence-corrected chi connectivity index (χ2v) is 8.37. The lowest BCUT2D eigenvalue weighted by atomic mass is 9.98. The molecule has 0 aliphatic rings. The molecule has 188 valence electrons. The van der Waals surface area contributed by atoms with Gasteiger partial charge in [-0.1, -0.05) is 30.1 Å². The summed E-state index contributed by atoms with van der Waals surface area (Å²) in [6.45, 7) is 3.64. The molecule has 3 aromatic carbocycles. The highest BCUT2D eigenvalue weighted by molar-refractivity contribution is 6.32. The fourth-order valence-electron chi connectivity index (χ4n) is 3.64. The van der Waals surface area contributed by atoms with Crippen LogP contribution in [0.15, 0.2) is 59.1 Å². The molecule has 0 fully saturated rings. The summed E-state index contributed by atoms with van der Waals surface area (Å²) >= 11 is 6.27. The maximum atomic E-state index is 12.4. The molecule has 1 aromatic heterocycles. The van der Waals surface area contributed by atoms with Gasteiger partial charge in [-0.2, -0.15) is 0 Å². The first-order valence-corrected chi connectivity index (χ1v) is 11.4. The van der Waals surface area contributed by atoms with Crippen LogP contribution in [-0.2, 0) is 11.2 Å². The molecule has 0 saturated carbocycles. The molecule has 0 spiro atoms. The summed E-state index contributed by atoms with van der Waals surface area (Å²) in [5, 5.41) is 5.20. The summed E-state index contributed by atoms with van der Waals surface area (Å²) in [5.74, 6) is 0.864. The molecule has 0 radical (unpaired) electrons. The van der Waals surface area contributed by atoms with Crippen LogP contribution in [0.5, 0.6) is 23.0 Å². The van der Waals surface area contributed by atoms with E-state index in [4.69, 9.17) is 25.6 Å². The van der Waals surface area contributed by atoms with Gasteiger partial charge in [0.1, 0.15) is 28.7 Å². The van der Waals surface area contributed by atoms with Crippen molar-refractivity contribution < 1.29 is 36.7 Å². The summed E-state index contributed by atoms with van der Waals surface area (Å²) in [4.78, 5) is 11.0. The van der Waals surface area contributed by atoms with Crippen LogP contribution in [0, 0.1) is 0 Å². The lowest BCUT2D eigenvalue weighted by Crippen LogP contribution is -2.16. The Morgan fingerprint density at radius 3 is 2.42 bits per heavy atom. The minimum Gasteiger partial charge on any atom is -0.482 e. The van der Waals surface area contributed by atoms with E-state index in [1.54, 1.807) is 25.1 Å². The van der Waals surface area contributed by atoms with E-state index < -0.39 is 12.5 Å². The first kappa shape index (κ1) is 25.4. The smallest absolute Gasteiger partial charge is 0.482 e. The number of carbonyl (C=O) groups excluding carboxylic acids is 1. The fourth-order valence-corrected chi connectivity index (χ4v) is 3.84. The summed E-state index contributed by atoms with van der Waals surface area (Å²) in [5.41, 5.74) is 2.79. The van der Waals surface area contributed by atoms with Gasteiger partial charge in [0, 0.05) is 11.6 Å². The number of hydrogen-bond donors (Lipinski definition) is 0. The van der Waals surface area contributed by atoms with E-state index in [-0.39, 0.29) is 5.75 Å². The zero-order valence-electron chi connectivity index (χ0n) is 19.3. The standard InChI is InChI=1S/C26H21ClF3NO5/c1-3-4-16-11-19(34-17-5-7-18(8-6-17)35-26(28,29)30)9-10-20(16)25-21-12-24(33-15(2)14-32)22(27)13-23(21)36-31-25/h5-15H,3-4H2,1-2H3/t15-/m0/s1. The zero-order chi connectivity index (χ0) is 25.9. The third kappa shape index (κ3) is 5.91. The monoisotopic (exact) mass is 519 g/mol. The van der Waals surface area contributed by atoms with Crippen molar-refractivity contribution in [2.24, 2.45) is 0 Å². The van der Waals surface area contributed by atoms with Crippen molar-refractivity contribution in [1.82, 2.24) is 5.16 Å². The third-order valence-corrected chi connectivity index (χ3v) is 5.47. The lowest BCUT2D eigenvalue weighted by molar-refractivity contribution is -0.274. The molecule has 10 heteroatoms. The van der Waals surface area contributed by atoms with Gasteiger partial charge < -0.3 is 18.7 Å². The number of aromatic nitrogens is 1. The maximum absolute atomic E-state index is 12.4. The van der Waals surface area contributed by atoms with Gasteiger partial charge in [0.05, 0.1) is 10.4 Å². The fraction of sp³-hybridized carbons (Fsp3) is 0.231. The molecule has 1 atom stereocenters. The number of ether oxygens (including phenoxy) is 3. The number of hydrogen-bond acceptors (Lipinski definition) is 6. The number of aryl methyl sites for hydroxylation is 1. The molecule has 4 aromatic rings. The number of rotatable bonds is 9. The molecule has 0 aliphatic carbocycles. The second-order valence-electron chi connectivity index (χ2n) is 7.96. The third-order valence-electron chi connectivity index (χ3n) is 5.17. The second kappa shape index (κ2) is 10.5. The van der Waals surface area contributed by atoms with Crippen molar-refractivity contribution in [3.8, 4) is 34.3 Å². The summed E-state index contributed by atoms with van der Waals surface area (Å²) < 4.78 is 58.0. The van der Waals surface area contributed by atoms with Gasteiger partial charge in [0.15, 0.2) is 18.0 Å². The van der Waals surface area contributed by atoms with E-state index in [9.17, 15) is 18.0 Å². The van der Waals surface area contributed by atoms with Crippen LogP contribution in [0.4, 0.5) is 13.2 Å². The Hall–Kier alpha value is -3.72. The van der Waals surface area contributed by atoms with E-state index in [0.717, 1.165) is 17.5 Å². The maximum Gasteiger partial charge on any atom is 0.573 e. The van der Waals surface area contributed by atoms with Crippen LogP contribution in [0.2, 0.25) is 5.02 Å². The Balaban J connectivity index is 1.64. The van der Waals surface area contributed by atoms with Crippen molar-refractivity contribution >= 4 is 28.9 Å². The van der Waals surface area contributed by atoms with Crippen molar-refractivity contribution in [2.75, 3.05) is 0 Å². The Bertz CT molecular complexity index is 1370. The van der Waals surface area contributed by atoms with E-state index in [1.165, 1.54) is 24.3 Å². The van der Waals surface area contributed by atoms with Gasteiger partial charge in [0.25, 0.3) is 0 Å². The Kier molecular flexibility index (Phi) is 7.40. The number of fused-ring (bicyclic) bond motifs is 1. The molecular formula is C26H21ClF3NO5. The summed E-state index contributed by atoms with van der Waals surface area (Å²) in [6.07, 6.45) is -3.22. The zero-order valence-corrected chi connectivity index (χ0v) is 20.0. The Morgan fingerprint density at radius 1 is 1.06 bits per heavy atom. The van der Waals surface area contributed by atoms with Gasteiger partial charge in [0.2, 0.25) is 0 Å². The van der Waals surface area contributed by atoms with E-state index >= 15 is 0 Å². The van der Waals surface area contributed by atoms with Crippen LogP contribution in [-0.4, -0.2) is 23.9 Å². The highest BCUT2D eigenvalue weighted by Gasteiger charge is 2.31. The number of halogens is 4. The van der Waals surface area contributed by atoms with Gasteiger partial charge in [-0.3, -0.25) is 4.79 Å². The first-order valence-electron chi connectivity index (χ1n) is 11.0. The molecule has 0 saturated heterocycles. The highest BCUT2D eigenvalue weighted by Crippen LogP contribution is 2.38. The predicted octanol–water partition coefficient (Wildman–Crippen LogP) is 7.76. The average molecular weight is 520 g/mol. The molecule has 0 unspecified atom stereocenters. The van der Waals surface area contributed by atoms with Crippen molar-refractivity contribution in [1.29, 1.82) is 0 Å². The molecular weight excluding hydrogens is 499 g/mol. The molecule has 0 aliphatic heterocycles. The highest BCUT2D eigenvalue weighted by atomic mass is 35.5. The normalized spacial score (nSPS) is 12.4. The van der Waals surface area contributed by atoms with Crippen LogP contribution in [0.3, 0.4) is 0 Å². The van der Waals surface area contributed by atoms with E-state index in [0.29, 0.717) is 51.6 Å². The SMILES string of the molecule is CCCc1cc(Oc2ccc(OC(F)(F)F)cc2)ccc1-c1noc2cc(Cl)c(O[C@@H](C)C=O)cc12. The van der Waals surface area contributed by atoms with Crippen LogP contribution in [0.25, 0.3) is 22.2 Å².